The Hall–Kier alpha value is -0.910. The summed E-state index contributed by atoms with van der Waals surface area (Å²) in [7, 11) is 1.65. The van der Waals surface area contributed by atoms with Crippen molar-refractivity contribution in [1.29, 1.82) is 0 Å². The molecule has 2 N–H and O–H groups in total. The number of benzene rings is 1. The van der Waals surface area contributed by atoms with Gasteiger partial charge >= 0.3 is 0 Å². The second-order valence-electron chi connectivity index (χ2n) is 7.25. The fourth-order valence-electron chi connectivity index (χ4n) is 3.80. The fraction of sp³-hybridized carbons (Fsp3) is 0.667. The number of thioether (sulfide) groups is 1. The Kier molecular flexibility index (Phi) is 10.8. The highest BCUT2D eigenvalue weighted by atomic mass is 127. The number of methoxy groups -OCH3 is 1. The van der Waals surface area contributed by atoms with Gasteiger partial charge in [-0.25, -0.2) is 0 Å². The third-order valence-electron chi connectivity index (χ3n) is 5.37. The minimum absolute atomic E-state index is 0. The Morgan fingerprint density at radius 1 is 1.27 bits per heavy atom. The molecule has 1 aromatic rings. The fourth-order valence-corrected chi connectivity index (χ4v) is 5.27. The molecule has 3 rings (SSSR count). The van der Waals surface area contributed by atoms with Gasteiger partial charge in [0.15, 0.2) is 17.5 Å². The van der Waals surface area contributed by atoms with Crippen molar-refractivity contribution in [2.24, 2.45) is 4.99 Å². The number of morpholine rings is 1. The number of aliphatic imine (C=N–C) groups is 1. The van der Waals surface area contributed by atoms with Crippen LogP contribution in [0.1, 0.15) is 20.3 Å². The molecule has 2 heterocycles. The van der Waals surface area contributed by atoms with Crippen LogP contribution in [0.15, 0.2) is 23.2 Å². The molecule has 2 aliphatic rings. The monoisotopic (exact) mass is 550 g/mol. The minimum atomic E-state index is 0. The van der Waals surface area contributed by atoms with Crippen LogP contribution in [0.3, 0.4) is 0 Å². The third kappa shape index (κ3) is 6.54. The van der Waals surface area contributed by atoms with E-state index < -0.39 is 0 Å². The maximum absolute atomic E-state index is 5.70. The number of nitrogens with zero attached hydrogens (tertiary/aromatic N) is 2. The molecule has 0 amide bonds. The number of hydrogen-bond donors (Lipinski definition) is 2. The third-order valence-corrected chi connectivity index (χ3v) is 6.60. The average molecular weight is 551 g/mol. The highest BCUT2D eigenvalue weighted by molar-refractivity contribution is 14.0. The molecule has 1 aromatic carbocycles. The number of nitrogens with one attached hydrogen (secondary N) is 2. The van der Waals surface area contributed by atoms with Crippen molar-refractivity contribution in [3.05, 3.63) is 18.2 Å². The van der Waals surface area contributed by atoms with Gasteiger partial charge in [-0.1, -0.05) is 0 Å². The summed E-state index contributed by atoms with van der Waals surface area (Å²) < 4.78 is 16.7. The second-order valence-corrected chi connectivity index (χ2v) is 8.35. The van der Waals surface area contributed by atoms with Gasteiger partial charge in [0.1, 0.15) is 0 Å². The topological polar surface area (TPSA) is 67.4 Å². The van der Waals surface area contributed by atoms with Crippen molar-refractivity contribution in [1.82, 2.24) is 10.2 Å². The van der Waals surface area contributed by atoms with Gasteiger partial charge in [0.2, 0.25) is 0 Å². The lowest BCUT2D eigenvalue weighted by molar-refractivity contribution is -0.0104. The van der Waals surface area contributed by atoms with Gasteiger partial charge in [-0.2, -0.15) is 11.8 Å². The number of halogens is 1. The molecule has 2 saturated heterocycles. The second kappa shape index (κ2) is 12.8. The zero-order chi connectivity index (χ0) is 20.5. The summed E-state index contributed by atoms with van der Waals surface area (Å²) in [5.74, 6) is 4.59. The van der Waals surface area contributed by atoms with Crippen molar-refractivity contribution >= 4 is 47.4 Å². The Bertz CT molecular complexity index is 680. The van der Waals surface area contributed by atoms with Gasteiger partial charge in [-0.15, -0.1) is 24.0 Å². The minimum Gasteiger partial charge on any atom is -0.493 e. The molecule has 0 radical (unpaired) electrons. The van der Waals surface area contributed by atoms with Crippen molar-refractivity contribution in [3.63, 3.8) is 0 Å². The first-order valence-electron chi connectivity index (χ1n) is 10.5. The van der Waals surface area contributed by atoms with Crippen LogP contribution in [0, 0.1) is 0 Å². The molecular weight excluding hydrogens is 515 g/mol. The summed E-state index contributed by atoms with van der Waals surface area (Å²) in [6.45, 7) is 9.86. The molecule has 1 unspecified atom stereocenters. The van der Waals surface area contributed by atoms with Crippen LogP contribution in [0.4, 0.5) is 5.69 Å². The first-order valence-corrected chi connectivity index (χ1v) is 11.6. The SMILES string of the molecule is CCNC(=NCC1(N2CCOCC2)CCSC1)Nc1ccc(OC)c(OCC)c1.I. The molecule has 0 saturated carbocycles. The van der Waals surface area contributed by atoms with E-state index in [1.807, 2.05) is 36.9 Å². The Morgan fingerprint density at radius 3 is 2.70 bits per heavy atom. The number of rotatable bonds is 8. The molecule has 170 valence electrons. The highest BCUT2D eigenvalue weighted by Gasteiger charge is 2.40. The van der Waals surface area contributed by atoms with E-state index in [0.29, 0.717) is 6.61 Å². The Balaban J connectivity index is 0.00000320. The maximum atomic E-state index is 5.70. The van der Waals surface area contributed by atoms with Gasteiger partial charge < -0.3 is 24.8 Å². The Morgan fingerprint density at radius 2 is 2.07 bits per heavy atom. The van der Waals surface area contributed by atoms with Crippen LogP contribution < -0.4 is 20.1 Å². The van der Waals surface area contributed by atoms with Gasteiger partial charge in [0.25, 0.3) is 0 Å². The van der Waals surface area contributed by atoms with E-state index in [4.69, 9.17) is 19.2 Å². The van der Waals surface area contributed by atoms with Crippen molar-refractivity contribution in [2.75, 3.05) is 69.9 Å². The zero-order valence-electron chi connectivity index (χ0n) is 18.2. The molecule has 9 heteroatoms. The van der Waals surface area contributed by atoms with Crippen LogP contribution in [0.2, 0.25) is 0 Å². The highest BCUT2D eigenvalue weighted by Crippen LogP contribution is 2.34. The van der Waals surface area contributed by atoms with Crippen molar-refractivity contribution in [2.45, 2.75) is 25.8 Å². The predicted molar refractivity (Wildman–Crippen MR) is 136 cm³/mol. The van der Waals surface area contributed by atoms with Crippen LogP contribution in [-0.2, 0) is 4.74 Å². The van der Waals surface area contributed by atoms with Gasteiger partial charge in [-0.05, 0) is 38.2 Å². The van der Waals surface area contributed by atoms with Gasteiger partial charge in [0.05, 0.1) is 39.0 Å². The summed E-state index contributed by atoms with van der Waals surface area (Å²) in [5, 5.41) is 6.80. The van der Waals surface area contributed by atoms with Crippen LogP contribution in [0.5, 0.6) is 11.5 Å². The van der Waals surface area contributed by atoms with Gasteiger partial charge in [0, 0.05) is 37.1 Å². The number of anilines is 1. The maximum Gasteiger partial charge on any atom is 0.195 e. The van der Waals surface area contributed by atoms with Crippen LogP contribution in [0.25, 0.3) is 0 Å². The zero-order valence-corrected chi connectivity index (χ0v) is 21.4. The molecule has 1 atom stereocenters. The van der Waals surface area contributed by atoms with Crippen molar-refractivity contribution < 1.29 is 14.2 Å². The number of guanidine groups is 1. The van der Waals surface area contributed by atoms with E-state index >= 15 is 0 Å². The van der Waals surface area contributed by atoms with E-state index in [2.05, 4.69) is 22.5 Å². The number of hydrogen-bond acceptors (Lipinski definition) is 6. The van der Waals surface area contributed by atoms with Crippen molar-refractivity contribution in [3.8, 4) is 11.5 Å². The lowest BCUT2D eigenvalue weighted by Crippen LogP contribution is -2.56. The lowest BCUT2D eigenvalue weighted by Gasteiger charge is -2.42. The summed E-state index contributed by atoms with van der Waals surface area (Å²) >= 11 is 2.03. The lowest BCUT2D eigenvalue weighted by atomic mass is 9.96. The smallest absolute Gasteiger partial charge is 0.195 e. The van der Waals surface area contributed by atoms with E-state index in [0.717, 1.165) is 68.3 Å². The van der Waals surface area contributed by atoms with E-state index in [1.54, 1.807) is 7.11 Å². The quantitative estimate of drug-likeness (QED) is 0.293. The molecule has 2 aliphatic heterocycles. The normalized spacial score (nSPS) is 22.3. The van der Waals surface area contributed by atoms with E-state index in [1.165, 1.54) is 12.2 Å². The molecule has 0 aromatic heterocycles. The first-order chi connectivity index (χ1) is 14.2. The van der Waals surface area contributed by atoms with Gasteiger partial charge in [-0.3, -0.25) is 9.89 Å². The van der Waals surface area contributed by atoms with E-state index in [-0.39, 0.29) is 29.5 Å². The van der Waals surface area contributed by atoms with Crippen LogP contribution in [-0.4, -0.2) is 81.0 Å². The molecule has 2 fully saturated rings. The Labute approximate surface area is 201 Å². The molecule has 0 bridgehead atoms. The molecular formula is C21H35IN4O3S. The molecule has 30 heavy (non-hydrogen) atoms. The molecule has 7 nitrogen and oxygen atoms in total. The summed E-state index contributed by atoms with van der Waals surface area (Å²) in [6.07, 6.45) is 1.18. The van der Waals surface area contributed by atoms with Crippen LogP contribution >= 0.6 is 35.7 Å². The van der Waals surface area contributed by atoms with E-state index in [9.17, 15) is 0 Å². The molecule has 0 spiro atoms. The largest absolute Gasteiger partial charge is 0.493 e. The predicted octanol–water partition coefficient (Wildman–Crippen LogP) is 3.30. The summed E-state index contributed by atoms with van der Waals surface area (Å²) in [5.41, 5.74) is 1.06. The standard InChI is InChI=1S/C21H34N4O3S.HI/c1-4-22-20(24-17-6-7-18(26-3)19(14-17)28-5-2)23-15-21(8-13-29-16-21)25-9-11-27-12-10-25;/h6-7,14H,4-5,8-13,15-16H2,1-3H3,(H2,22,23,24);1H. The first kappa shape index (κ1) is 25.4. The summed E-state index contributed by atoms with van der Waals surface area (Å²) in [4.78, 5) is 7.57. The number of ether oxygens (including phenoxy) is 3. The summed E-state index contributed by atoms with van der Waals surface area (Å²) in [6, 6.07) is 5.86. The average Bonchev–Trinajstić information content (AvgIpc) is 3.24. The molecule has 0 aliphatic carbocycles.